The summed E-state index contributed by atoms with van der Waals surface area (Å²) in [5.74, 6) is -0.389. The maximum atomic E-state index is 12.3. The summed E-state index contributed by atoms with van der Waals surface area (Å²) in [6, 6.07) is 21.3. The normalized spacial score (nSPS) is 11.4. The molecule has 0 fully saturated rings. The highest BCUT2D eigenvalue weighted by atomic mass is 16.6. The molecule has 0 aliphatic heterocycles. The van der Waals surface area contributed by atoms with E-state index in [0.717, 1.165) is 5.56 Å². The molecule has 0 heterocycles. The summed E-state index contributed by atoms with van der Waals surface area (Å²) in [5, 5.41) is 24.7. The van der Waals surface area contributed by atoms with E-state index in [4.69, 9.17) is 0 Å². The molecule has 2 N–H and O–H groups in total. The van der Waals surface area contributed by atoms with Gasteiger partial charge in [-0.25, -0.2) is 5.43 Å². The number of nitro groups is 1. The highest BCUT2D eigenvalue weighted by molar-refractivity contribution is 6.11. The number of carbonyl (C=O) groups is 1. The average Bonchev–Trinajstić information content (AvgIpc) is 2.75. The van der Waals surface area contributed by atoms with Crippen LogP contribution in [0, 0.1) is 10.1 Å². The Bertz CT molecular complexity index is 1070. The molecule has 0 aromatic heterocycles. The zero-order chi connectivity index (χ0) is 20.6. The molecule has 3 rings (SSSR count). The van der Waals surface area contributed by atoms with Crippen LogP contribution in [0.1, 0.15) is 21.5 Å². The lowest BCUT2D eigenvalue weighted by molar-refractivity contribution is -0.385. The van der Waals surface area contributed by atoms with E-state index in [9.17, 15) is 20.0 Å². The van der Waals surface area contributed by atoms with Crippen LogP contribution in [0.2, 0.25) is 0 Å². The molecule has 7 heteroatoms. The summed E-state index contributed by atoms with van der Waals surface area (Å²) >= 11 is 0. The van der Waals surface area contributed by atoms with Gasteiger partial charge in [-0.1, -0.05) is 42.5 Å². The van der Waals surface area contributed by atoms with E-state index in [-0.39, 0.29) is 11.4 Å². The van der Waals surface area contributed by atoms with Crippen molar-refractivity contribution in [1.82, 2.24) is 5.43 Å². The van der Waals surface area contributed by atoms with Gasteiger partial charge in [0.2, 0.25) is 0 Å². The van der Waals surface area contributed by atoms with Crippen molar-refractivity contribution in [3.63, 3.8) is 0 Å². The molecule has 0 aliphatic rings. The van der Waals surface area contributed by atoms with Crippen molar-refractivity contribution in [3.8, 4) is 5.75 Å². The number of para-hydroxylation sites is 1. The monoisotopic (exact) mass is 387 g/mol. The number of benzene rings is 3. The highest BCUT2D eigenvalue weighted by Gasteiger charge is 2.10. The van der Waals surface area contributed by atoms with Crippen molar-refractivity contribution in [2.75, 3.05) is 0 Å². The van der Waals surface area contributed by atoms with Gasteiger partial charge in [-0.15, -0.1) is 0 Å². The molecule has 0 aliphatic carbocycles. The van der Waals surface area contributed by atoms with Crippen molar-refractivity contribution in [2.45, 2.75) is 0 Å². The molecule has 0 unspecified atom stereocenters. The van der Waals surface area contributed by atoms with Gasteiger partial charge in [-0.3, -0.25) is 14.9 Å². The standard InChI is InChI=1S/C22H17N3O4/c26-19-13-10-18(11-14-19)22(27)24-23-20(16-6-2-1-3-7-16)15-12-17-8-4-5-9-21(17)25(28)29/h1-15,26H,(H,24,27)/b15-12+,23-20?. The van der Waals surface area contributed by atoms with Crippen LogP contribution in [0.5, 0.6) is 5.75 Å². The topological polar surface area (TPSA) is 105 Å². The summed E-state index contributed by atoms with van der Waals surface area (Å²) < 4.78 is 0. The van der Waals surface area contributed by atoms with Gasteiger partial charge in [-0.05, 0) is 42.5 Å². The van der Waals surface area contributed by atoms with Gasteiger partial charge in [0.15, 0.2) is 0 Å². The molecule has 0 atom stereocenters. The second-order valence-electron chi connectivity index (χ2n) is 6.00. The Hall–Kier alpha value is -4.26. The fraction of sp³-hybridized carbons (Fsp3) is 0. The molecule has 0 radical (unpaired) electrons. The Kier molecular flexibility index (Phi) is 6.12. The molecular weight excluding hydrogens is 370 g/mol. The van der Waals surface area contributed by atoms with Crippen molar-refractivity contribution in [3.05, 3.63) is 112 Å². The minimum Gasteiger partial charge on any atom is -0.508 e. The van der Waals surface area contributed by atoms with Crippen molar-refractivity contribution in [2.24, 2.45) is 5.10 Å². The van der Waals surface area contributed by atoms with Crippen LogP contribution in [0.15, 0.2) is 90.0 Å². The van der Waals surface area contributed by atoms with E-state index < -0.39 is 10.8 Å². The van der Waals surface area contributed by atoms with E-state index >= 15 is 0 Å². The van der Waals surface area contributed by atoms with Crippen molar-refractivity contribution < 1.29 is 14.8 Å². The van der Waals surface area contributed by atoms with E-state index in [1.165, 1.54) is 30.3 Å². The average molecular weight is 387 g/mol. The van der Waals surface area contributed by atoms with Crippen molar-refractivity contribution >= 4 is 23.4 Å². The lowest BCUT2D eigenvalue weighted by Crippen LogP contribution is -2.19. The van der Waals surface area contributed by atoms with Gasteiger partial charge in [0.05, 0.1) is 16.2 Å². The zero-order valence-corrected chi connectivity index (χ0v) is 15.2. The number of hydrazone groups is 1. The summed E-state index contributed by atoms with van der Waals surface area (Å²) in [5.41, 5.74) is 4.36. The molecule has 0 saturated heterocycles. The van der Waals surface area contributed by atoms with Gasteiger partial charge < -0.3 is 5.11 Å². The number of nitrogens with one attached hydrogen (secondary N) is 1. The zero-order valence-electron chi connectivity index (χ0n) is 15.2. The van der Waals surface area contributed by atoms with Crippen LogP contribution < -0.4 is 5.43 Å². The second kappa shape index (κ2) is 9.09. The van der Waals surface area contributed by atoms with Crippen LogP contribution >= 0.6 is 0 Å². The van der Waals surface area contributed by atoms with Crippen LogP contribution in [0.25, 0.3) is 6.08 Å². The SMILES string of the molecule is O=C(NN=C(/C=C/c1ccccc1[N+](=O)[O-])c1ccccc1)c1ccc(O)cc1. The second-order valence-corrected chi connectivity index (χ2v) is 6.00. The number of nitrogens with zero attached hydrogens (tertiary/aromatic N) is 2. The molecule has 0 bridgehead atoms. The Morgan fingerprint density at radius 1 is 0.931 bits per heavy atom. The molecule has 3 aromatic carbocycles. The molecule has 144 valence electrons. The number of phenolic OH excluding ortho intramolecular Hbond substituents is 1. The van der Waals surface area contributed by atoms with Gasteiger partial charge in [0.25, 0.3) is 11.6 Å². The van der Waals surface area contributed by atoms with Gasteiger partial charge in [0, 0.05) is 17.2 Å². The number of carbonyl (C=O) groups excluding carboxylic acids is 1. The first kappa shape index (κ1) is 19.5. The summed E-state index contributed by atoms with van der Waals surface area (Å²) in [6.07, 6.45) is 3.19. The molecule has 1 amide bonds. The number of aromatic hydroxyl groups is 1. The highest BCUT2D eigenvalue weighted by Crippen LogP contribution is 2.19. The minimum absolute atomic E-state index is 0.0238. The van der Waals surface area contributed by atoms with Crippen LogP contribution in [-0.4, -0.2) is 21.6 Å². The quantitative estimate of drug-likeness (QED) is 0.377. The molecule has 0 spiro atoms. The number of allylic oxidation sites excluding steroid dienone is 1. The van der Waals surface area contributed by atoms with Crippen LogP contribution in [0.4, 0.5) is 5.69 Å². The number of amides is 1. The van der Waals surface area contributed by atoms with Crippen LogP contribution in [0.3, 0.4) is 0 Å². The number of phenols is 1. The Morgan fingerprint density at radius 2 is 1.59 bits per heavy atom. The smallest absolute Gasteiger partial charge is 0.276 e. The fourth-order valence-corrected chi connectivity index (χ4v) is 2.56. The Labute approximate surface area is 166 Å². The first-order valence-electron chi connectivity index (χ1n) is 8.68. The van der Waals surface area contributed by atoms with Gasteiger partial charge in [-0.2, -0.15) is 5.10 Å². The summed E-state index contributed by atoms with van der Waals surface area (Å²) in [7, 11) is 0. The summed E-state index contributed by atoms with van der Waals surface area (Å²) in [4.78, 5) is 23.0. The number of rotatable bonds is 6. The molecule has 3 aromatic rings. The molecular formula is C22H17N3O4. The lowest BCUT2D eigenvalue weighted by atomic mass is 10.1. The third-order valence-electron chi connectivity index (χ3n) is 4.03. The summed E-state index contributed by atoms with van der Waals surface area (Å²) in [6.45, 7) is 0. The maximum absolute atomic E-state index is 12.3. The predicted molar refractivity (Wildman–Crippen MR) is 111 cm³/mol. The Morgan fingerprint density at radius 3 is 2.28 bits per heavy atom. The first-order valence-corrected chi connectivity index (χ1v) is 8.68. The number of hydrogen-bond donors (Lipinski definition) is 2. The largest absolute Gasteiger partial charge is 0.508 e. The van der Waals surface area contributed by atoms with Crippen molar-refractivity contribution in [1.29, 1.82) is 0 Å². The third-order valence-corrected chi connectivity index (χ3v) is 4.03. The fourth-order valence-electron chi connectivity index (χ4n) is 2.56. The molecule has 29 heavy (non-hydrogen) atoms. The lowest BCUT2D eigenvalue weighted by Gasteiger charge is -2.05. The van der Waals surface area contributed by atoms with Crippen LogP contribution in [-0.2, 0) is 0 Å². The van der Waals surface area contributed by atoms with Gasteiger partial charge in [0.1, 0.15) is 5.75 Å². The van der Waals surface area contributed by atoms with E-state index in [2.05, 4.69) is 10.5 Å². The number of hydrogen-bond acceptors (Lipinski definition) is 5. The molecule has 7 nitrogen and oxygen atoms in total. The van der Waals surface area contributed by atoms with E-state index in [0.29, 0.717) is 16.8 Å². The maximum Gasteiger partial charge on any atom is 0.276 e. The molecule has 0 saturated carbocycles. The van der Waals surface area contributed by atoms with E-state index in [1.807, 2.05) is 30.3 Å². The minimum atomic E-state index is -0.453. The van der Waals surface area contributed by atoms with Gasteiger partial charge >= 0.3 is 0 Å². The Balaban J connectivity index is 1.89. The number of nitro benzene ring substituents is 1. The van der Waals surface area contributed by atoms with E-state index in [1.54, 1.807) is 30.4 Å². The first-order chi connectivity index (χ1) is 14.0. The third kappa shape index (κ3) is 5.14. The predicted octanol–water partition coefficient (Wildman–Crippen LogP) is 4.15.